The molecule has 1 fully saturated rings. The highest BCUT2D eigenvalue weighted by molar-refractivity contribution is 5.12. The molecule has 0 atom stereocenters. The van der Waals surface area contributed by atoms with Gasteiger partial charge < -0.3 is 13.8 Å². The first-order valence-electron chi connectivity index (χ1n) is 7.11. The number of hydrogen-bond acceptors (Lipinski definition) is 6. The van der Waals surface area contributed by atoms with E-state index in [-0.39, 0.29) is 12.0 Å². The third kappa shape index (κ3) is 2.42. The van der Waals surface area contributed by atoms with Crippen molar-refractivity contribution in [2.45, 2.75) is 58.0 Å². The highest BCUT2D eigenvalue weighted by Gasteiger charge is 2.41. The molecule has 0 amide bonds. The van der Waals surface area contributed by atoms with Gasteiger partial charge in [-0.2, -0.15) is 4.98 Å². The van der Waals surface area contributed by atoms with E-state index in [0.717, 1.165) is 31.5 Å². The molecular formula is C14H19N3O3. The van der Waals surface area contributed by atoms with Gasteiger partial charge in [0.25, 0.3) is 11.8 Å². The maximum atomic E-state index is 5.45. The van der Waals surface area contributed by atoms with E-state index in [9.17, 15) is 0 Å². The zero-order valence-electron chi connectivity index (χ0n) is 11.9. The Labute approximate surface area is 117 Å². The van der Waals surface area contributed by atoms with E-state index in [4.69, 9.17) is 13.8 Å². The van der Waals surface area contributed by atoms with Crippen molar-refractivity contribution in [3.63, 3.8) is 0 Å². The fraction of sp³-hybridized carbons (Fsp3) is 0.643. The maximum absolute atomic E-state index is 5.45. The summed E-state index contributed by atoms with van der Waals surface area (Å²) in [6.07, 6.45) is 5.82. The van der Waals surface area contributed by atoms with Gasteiger partial charge in [-0.05, 0) is 31.3 Å². The Kier molecular flexibility index (Phi) is 3.46. The Hall–Kier alpha value is -1.85. The Morgan fingerprint density at radius 2 is 2.15 bits per heavy atom. The fourth-order valence-corrected chi connectivity index (χ4v) is 2.74. The summed E-state index contributed by atoms with van der Waals surface area (Å²) in [6, 6.07) is 1.72. The highest BCUT2D eigenvalue weighted by Crippen LogP contribution is 2.45. The van der Waals surface area contributed by atoms with Gasteiger partial charge in [0, 0.05) is 11.5 Å². The monoisotopic (exact) mass is 277 g/mol. The van der Waals surface area contributed by atoms with E-state index in [2.05, 4.69) is 22.2 Å². The summed E-state index contributed by atoms with van der Waals surface area (Å²) in [5, 5.41) is 7.89. The van der Waals surface area contributed by atoms with Crippen LogP contribution in [-0.4, -0.2) is 15.3 Å². The third-order valence-electron chi connectivity index (χ3n) is 3.93. The molecule has 2 aromatic heterocycles. The zero-order chi connectivity index (χ0) is 14.0. The second-order valence-electron chi connectivity index (χ2n) is 5.46. The lowest BCUT2D eigenvalue weighted by atomic mass is 9.65. The lowest BCUT2D eigenvalue weighted by Gasteiger charge is -2.38. The number of hydrogen-bond donors (Lipinski definition) is 0. The van der Waals surface area contributed by atoms with Crippen LogP contribution in [0.3, 0.4) is 0 Å². The number of nitrogens with zero attached hydrogens (tertiary/aromatic N) is 3. The minimum atomic E-state index is 0.140. The smallest absolute Gasteiger partial charge is 0.264 e. The highest BCUT2D eigenvalue weighted by atomic mass is 16.6. The summed E-state index contributed by atoms with van der Waals surface area (Å²) >= 11 is 0. The first-order valence-corrected chi connectivity index (χ1v) is 7.11. The molecular weight excluding hydrogens is 258 g/mol. The van der Waals surface area contributed by atoms with Crippen LogP contribution in [0, 0.1) is 6.92 Å². The summed E-state index contributed by atoms with van der Waals surface area (Å²) < 4.78 is 15.7. The number of rotatable bonds is 6. The van der Waals surface area contributed by atoms with Crippen LogP contribution in [0.5, 0.6) is 5.88 Å². The molecule has 2 heterocycles. The van der Waals surface area contributed by atoms with Crippen molar-refractivity contribution in [1.82, 2.24) is 15.3 Å². The van der Waals surface area contributed by atoms with Crippen LogP contribution in [0.2, 0.25) is 0 Å². The van der Waals surface area contributed by atoms with E-state index in [1.807, 2.05) is 6.92 Å². The minimum Gasteiger partial charge on any atom is -0.465 e. The van der Waals surface area contributed by atoms with Crippen molar-refractivity contribution in [3.05, 3.63) is 23.5 Å². The maximum Gasteiger partial charge on any atom is 0.264 e. The van der Waals surface area contributed by atoms with Crippen LogP contribution >= 0.6 is 0 Å². The molecule has 0 N–H and O–H groups in total. The van der Waals surface area contributed by atoms with Gasteiger partial charge in [0.1, 0.15) is 5.76 Å². The van der Waals surface area contributed by atoms with Gasteiger partial charge in [-0.25, -0.2) is 0 Å². The molecule has 0 bridgehead atoms. The van der Waals surface area contributed by atoms with E-state index in [1.165, 1.54) is 6.42 Å². The molecule has 6 nitrogen and oxygen atoms in total. The lowest BCUT2D eigenvalue weighted by Crippen LogP contribution is -2.35. The lowest BCUT2D eigenvalue weighted by molar-refractivity contribution is 0.199. The molecule has 0 saturated heterocycles. The molecule has 0 aliphatic heterocycles. The van der Waals surface area contributed by atoms with Crippen LogP contribution in [0.1, 0.15) is 56.5 Å². The molecule has 0 aromatic carbocycles. The molecule has 3 rings (SSSR count). The van der Waals surface area contributed by atoms with Crippen molar-refractivity contribution in [3.8, 4) is 5.88 Å². The Bertz CT molecular complexity index is 572. The molecule has 1 saturated carbocycles. The number of aromatic nitrogens is 3. The van der Waals surface area contributed by atoms with Crippen LogP contribution in [0.4, 0.5) is 0 Å². The Morgan fingerprint density at radius 1 is 1.30 bits per heavy atom. The average Bonchev–Trinajstić information content (AvgIpc) is 3.00. The van der Waals surface area contributed by atoms with Crippen molar-refractivity contribution in [2.75, 3.05) is 0 Å². The summed E-state index contributed by atoms with van der Waals surface area (Å²) in [5.41, 5.74) is 0.140. The van der Waals surface area contributed by atoms with E-state index >= 15 is 0 Å². The summed E-state index contributed by atoms with van der Waals surface area (Å²) in [4.78, 5) is 4.48. The van der Waals surface area contributed by atoms with E-state index in [0.29, 0.717) is 17.5 Å². The van der Waals surface area contributed by atoms with Crippen LogP contribution < -0.4 is 4.74 Å². The van der Waals surface area contributed by atoms with Gasteiger partial charge in [-0.3, -0.25) is 0 Å². The second kappa shape index (κ2) is 5.26. The van der Waals surface area contributed by atoms with Crippen LogP contribution in [0.25, 0.3) is 0 Å². The van der Waals surface area contributed by atoms with Crippen LogP contribution in [-0.2, 0) is 12.0 Å². The Morgan fingerprint density at radius 3 is 2.75 bits per heavy atom. The predicted octanol–water partition coefficient (Wildman–Crippen LogP) is 3.17. The van der Waals surface area contributed by atoms with Gasteiger partial charge in [-0.1, -0.05) is 24.9 Å². The molecule has 0 unspecified atom stereocenters. The summed E-state index contributed by atoms with van der Waals surface area (Å²) in [7, 11) is 0. The third-order valence-corrected chi connectivity index (χ3v) is 3.93. The molecule has 20 heavy (non-hydrogen) atoms. The molecule has 2 aromatic rings. The number of ether oxygens (including phenoxy) is 1. The predicted molar refractivity (Wildman–Crippen MR) is 70.3 cm³/mol. The first-order chi connectivity index (χ1) is 9.72. The average molecular weight is 277 g/mol. The van der Waals surface area contributed by atoms with Gasteiger partial charge in [0.15, 0.2) is 12.4 Å². The van der Waals surface area contributed by atoms with Gasteiger partial charge in [0.2, 0.25) is 0 Å². The minimum absolute atomic E-state index is 0.140. The number of aryl methyl sites for hydroxylation is 1. The standard InChI is InChI=1S/C14H19N3O3/c1-3-5-14(6-4-7-14)13-15-12(20-17-13)9-18-11-8-10(2)19-16-11/h8H,3-7,9H2,1-2H3. The van der Waals surface area contributed by atoms with Crippen LogP contribution in [0.15, 0.2) is 15.1 Å². The fourth-order valence-electron chi connectivity index (χ4n) is 2.74. The van der Waals surface area contributed by atoms with Crippen molar-refractivity contribution in [1.29, 1.82) is 0 Å². The molecule has 1 aliphatic rings. The van der Waals surface area contributed by atoms with E-state index in [1.54, 1.807) is 6.07 Å². The largest absolute Gasteiger partial charge is 0.465 e. The van der Waals surface area contributed by atoms with Gasteiger partial charge in [-0.15, -0.1) is 0 Å². The first kappa shape index (κ1) is 13.1. The molecule has 1 aliphatic carbocycles. The topological polar surface area (TPSA) is 74.2 Å². The quantitative estimate of drug-likeness (QED) is 0.807. The van der Waals surface area contributed by atoms with Crippen molar-refractivity contribution >= 4 is 0 Å². The van der Waals surface area contributed by atoms with Gasteiger partial charge >= 0.3 is 0 Å². The van der Waals surface area contributed by atoms with Crippen molar-refractivity contribution < 1.29 is 13.8 Å². The second-order valence-corrected chi connectivity index (χ2v) is 5.46. The normalized spacial score (nSPS) is 16.9. The molecule has 108 valence electrons. The molecule has 6 heteroatoms. The van der Waals surface area contributed by atoms with E-state index < -0.39 is 0 Å². The Balaban J connectivity index is 1.64. The molecule has 0 radical (unpaired) electrons. The van der Waals surface area contributed by atoms with Crippen molar-refractivity contribution in [2.24, 2.45) is 0 Å². The van der Waals surface area contributed by atoms with Gasteiger partial charge in [0.05, 0.1) is 0 Å². The SMILES string of the molecule is CCCC1(c2noc(COc3cc(C)on3)n2)CCC1. The zero-order valence-corrected chi connectivity index (χ0v) is 11.9. The molecule has 0 spiro atoms. The summed E-state index contributed by atoms with van der Waals surface area (Å²) in [6.45, 7) is 4.23. The summed E-state index contributed by atoms with van der Waals surface area (Å²) in [5.74, 6) is 2.47.